The van der Waals surface area contributed by atoms with Crippen LogP contribution in [0.3, 0.4) is 0 Å². The second-order valence-electron chi connectivity index (χ2n) is 5.76. The molecule has 0 radical (unpaired) electrons. The van der Waals surface area contributed by atoms with E-state index in [1.807, 2.05) is 19.2 Å². The van der Waals surface area contributed by atoms with Crippen molar-refractivity contribution in [2.45, 2.75) is 25.2 Å². The van der Waals surface area contributed by atoms with Crippen molar-refractivity contribution < 1.29 is 9.90 Å². The zero-order valence-electron chi connectivity index (χ0n) is 11.7. The molecule has 0 saturated heterocycles. The number of carboxylic acids is 1. The third kappa shape index (κ3) is 2.55. The molecule has 1 aromatic carbocycles. The van der Waals surface area contributed by atoms with Crippen molar-refractivity contribution in [1.82, 2.24) is 4.90 Å². The van der Waals surface area contributed by atoms with Gasteiger partial charge in [-0.05, 0) is 30.2 Å². The van der Waals surface area contributed by atoms with Gasteiger partial charge in [0.1, 0.15) is 5.84 Å². The minimum atomic E-state index is -0.710. The molecule has 4 heteroatoms. The molecule has 1 atom stereocenters. The Morgan fingerprint density at radius 2 is 2.20 bits per heavy atom. The molecule has 1 fully saturated rings. The fourth-order valence-electron chi connectivity index (χ4n) is 3.06. The van der Waals surface area contributed by atoms with Gasteiger partial charge in [0.15, 0.2) is 0 Å². The number of amidine groups is 1. The molecular weight excluding hydrogens is 252 g/mol. The first-order valence-electron chi connectivity index (χ1n) is 7.23. The maximum Gasteiger partial charge on any atom is 0.303 e. The SMILES string of the molecule is CN1CCN=C1c1ccccc1C(CC(=O)O)C1CC1. The van der Waals surface area contributed by atoms with Crippen LogP contribution in [0.15, 0.2) is 29.3 Å². The van der Waals surface area contributed by atoms with Crippen LogP contribution in [-0.4, -0.2) is 41.9 Å². The van der Waals surface area contributed by atoms with Crippen molar-refractivity contribution in [3.63, 3.8) is 0 Å². The summed E-state index contributed by atoms with van der Waals surface area (Å²) in [6.07, 6.45) is 2.52. The summed E-state index contributed by atoms with van der Waals surface area (Å²) in [5, 5.41) is 9.19. The average Bonchev–Trinajstić information content (AvgIpc) is 3.18. The number of rotatable bonds is 5. The number of likely N-dealkylation sites (N-methyl/N-ethyl adjacent to an activating group) is 1. The first-order chi connectivity index (χ1) is 9.66. The van der Waals surface area contributed by atoms with Crippen LogP contribution in [0.5, 0.6) is 0 Å². The van der Waals surface area contributed by atoms with Gasteiger partial charge in [-0.3, -0.25) is 9.79 Å². The van der Waals surface area contributed by atoms with E-state index < -0.39 is 5.97 Å². The van der Waals surface area contributed by atoms with Crippen LogP contribution < -0.4 is 0 Å². The predicted octanol–water partition coefficient (Wildman–Crippen LogP) is 2.35. The van der Waals surface area contributed by atoms with E-state index >= 15 is 0 Å². The van der Waals surface area contributed by atoms with Crippen LogP contribution in [0.4, 0.5) is 0 Å². The first-order valence-corrected chi connectivity index (χ1v) is 7.23. The molecule has 20 heavy (non-hydrogen) atoms. The highest BCUT2D eigenvalue weighted by Crippen LogP contribution is 2.45. The van der Waals surface area contributed by atoms with Gasteiger partial charge < -0.3 is 10.0 Å². The van der Waals surface area contributed by atoms with E-state index in [0.717, 1.165) is 42.9 Å². The molecule has 2 aliphatic rings. The summed E-state index contributed by atoms with van der Waals surface area (Å²) in [4.78, 5) is 17.9. The third-order valence-electron chi connectivity index (χ3n) is 4.25. The zero-order valence-corrected chi connectivity index (χ0v) is 11.7. The predicted molar refractivity (Wildman–Crippen MR) is 78.2 cm³/mol. The lowest BCUT2D eigenvalue weighted by Gasteiger charge is -2.22. The van der Waals surface area contributed by atoms with E-state index in [2.05, 4.69) is 22.0 Å². The molecule has 1 N–H and O–H groups in total. The number of aliphatic carboxylic acids is 1. The normalized spacial score (nSPS) is 19.9. The Hall–Kier alpha value is -1.84. The van der Waals surface area contributed by atoms with Gasteiger partial charge in [0.25, 0.3) is 0 Å². The number of carboxylic acid groups (broad SMARTS) is 1. The monoisotopic (exact) mass is 272 g/mol. The Kier molecular flexibility index (Phi) is 3.47. The first kappa shape index (κ1) is 13.2. The van der Waals surface area contributed by atoms with Crippen molar-refractivity contribution in [1.29, 1.82) is 0 Å². The van der Waals surface area contributed by atoms with Crippen molar-refractivity contribution in [3.05, 3.63) is 35.4 Å². The molecule has 1 aliphatic heterocycles. The van der Waals surface area contributed by atoms with Gasteiger partial charge in [0.05, 0.1) is 13.0 Å². The number of aliphatic imine (C=N–C) groups is 1. The lowest BCUT2D eigenvalue weighted by molar-refractivity contribution is -0.137. The van der Waals surface area contributed by atoms with Crippen molar-refractivity contribution in [2.75, 3.05) is 20.1 Å². The molecule has 1 heterocycles. The minimum absolute atomic E-state index is 0.125. The summed E-state index contributed by atoms with van der Waals surface area (Å²) in [5.74, 6) is 0.954. The smallest absolute Gasteiger partial charge is 0.303 e. The summed E-state index contributed by atoms with van der Waals surface area (Å²) >= 11 is 0. The Morgan fingerprint density at radius 3 is 2.80 bits per heavy atom. The van der Waals surface area contributed by atoms with E-state index in [4.69, 9.17) is 0 Å². The molecule has 4 nitrogen and oxygen atoms in total. The maximum atomic E-state index is 11.2. The average molecular weight is 272 g/mol. The minimum Gasteiger partial charge on any atom is -0.481 e. The standard InChI is InChI=1S/C16H20N2O2/c1-18-9-8-17-16(18)13-5-3-2-4-12(13)14(10-15(19)20)11-6-7-11/h2-5,11,14H,6-10H2,1H3,(H,19,20). The Bertz CT molecular complexity index is 549. The van der Waals surface area contributed by atoms with Gasteiger partial charge in [-0.2, -0.15) is 0 Å². The molecule has 1 aromatic rings. The highest BCUT2D eigenvalue weighted by molar-refractivity contribution is 6.01. The topological polar surface area (TPSA) is 52.9 Å². The summed E-state index contributed by atoms with van der Waals surface area (Å²) in [6, 6.07) is 8.17. The second kappa shape index (κ2) is 5.27. The van der Waals surface area contributed by atoms with Gasteiger partial charge in [-0.15, -0.1) is 0 Å². The largest absolute Gasteiger partial charge is 0.481 e. The van der Waals surface area contributed by atoms with Gasteiger partial charge >= 0.3 is 5.97 Å². The molecule has 106 valence electrons. The molecule has 0 spiro atoms. The summed E-state index contributed by atoms with van der Waals surface area (Å²) in [5.41, 5.74) is 2.27. The van der Waals surface area contributed by atoms with E-state index in [0.29, 0.717) is 5.92 Å². The van der Waals surface area contributed by atoms with E-state index in [1.54, 1.807) is 0 Å². The van der Waals surface area contributed by atoms with Crippen LogP contribution in [0, 0.1) is 5.92 Å². The van der Waals surface area contributed by atoms with Gasteiger partial charge in [-0.1, -0.05) is 24.3 Å². The highest BCUT2D eigenvalue weighted by atomic mass is 16.4. The van der Waals surface area contributed by atoms with E-state index in [9.17, 15) is 9.90 Å². The van der Waals surface area contributed by atoms with Gasteiger partial charge in [-0.25, -0.2) is 0 Å². The molecule has 0 amide bonds. The van der Waals surface area contributed by atoms with Crippen LogP contribution in [0.2, 0.25) is 0 Å². The number of hydrogen-bond donors (Lipinski definition) is 1. The van der Waals surface area contributed by atoms with Crippen molar-refractivity contribution >= 4 is 11.8 Å². The van der Waals surface area contributed by atoms with Crippen LogP contribution in [0.1, 0.15) is 36.3 Å². The molecule has 3 rings (SSSR count). The molecule has 1 saturated carbocycles. The van der Waals surface area contributed by atoms with Gasteiger partial charge in [0.2, 0.25) is 0 Å². The second-order valence-corrected chi connectivity index (χ2v) is 5.76. The number of nitrogens with zero attached hydrogens (tertiary/aromatic N) is 2. The quantitative estimate of drug-likeness (QED) is 0.895. The maximum absolute atomic E-state index is 11.2. The van der Waals surface area contributed by atoms with E-state index in [-0.39, 0.29) is 12.3 Å². The van der Waals surface area contributed by atoms with Crippen LogP contribution >= 0.6 is 0 Å². The number of carbonyl (C=O) groups is 1. The van der Waals surface area contributed by atoms with E-state index in [1.165, 1.54) is 0 Å². The van der Waals surface area contributed by atoms with Crippen molar-refractivity contribution in [3.8, 4) is 0 Å². The third-order valence-corrected chi connectivity index (χ3v) is 4.25. The molecule has 0 aromatic heterocycles. The summed E-state index contributed by atoms with van der Waals surface area (Å²) < 4.78 is 0. The van der Waals surface area contributed by atoms with Gasteiger partial charge in [0, 0.05) is 19.2 Å². The Morgan fingerprint density at radius 1 is 1.45 bits per heavy atom. The highest BCUT2D eigenvalue weighted by Gasteiger charge is 2.35. The fourth-order valence-corrected chi connectivity index (χ4v) is 3.06. The number of hydrogen-bond acceptors (Lipinski definition) is 3. The molecule has 0 bridgehead atoms. The Balaban J connectivity index is 1.97. The Labute approximate surface area is 119 Å². The molecule has 1 aliphatic carbocycles. The summed E-state index contributed by atoms with van der Waals surface area (Å²) in [7, 11) is 2.05. The molecular formula is C16H20N2O2. The molecule has 1 unspecified atom stereocenters. The number of benzene rings is 1. The van der Waals surface area contributed by atoms with Crippen LogP contribution in [0.25, 0.3) is 0 Å². The lowest BCUT2D eigenvalue weighted by atomic mass is 9.87. The fraction of sp³-hybridized carbons (Fsp3) is 0.500. The van der Waals surface area contributed by atoms with Crippen LogP contribution in [-0.2, 0) is 4.79 Å². The summed E-state index contributed by atoms with van der Waals surface area (Å²) in [6.45, 7) is 1.77. The van der Waals surface area contributed by atoms with Crippen molar-refractivity contribution in [2.24, 2.45) is 10.9 Å². The zero-order chi connectivity index (χ0) is 14.1. The lowest BCUT2D eigenvalue weighted by Crippen LogP contribution is -2.25.